The predicted molar refractivity (Wildman–Crippen MR) is 134 cm³/mol. The quantitative estimate of drug-likeness (QED) is 0.172. The Labute approximate surface area is 205 Å². The van der Waals surface area contributed by atoms with E-state index < -0.39 is 5.97 Å². The lowest BCUT2D eigenvalue weighted by atomic mass is 10.2. The highest BCUT2D eigenvalue weighted by molar-refractivity contribution is 7.99. The number of hydrogen-bond donors (Lipinski definition) is 3. The second-order valence-corrected chi connectivity index (χ2v) is 8.10. The van der Waals surface area contributed by atoms with Gasteiger partial charge in [0, 0.05) is 24.3 Å². The first kappa shape index (κ1) is 24.0. The number of ether oxygens (including phenoxy) is 1. The molecule has 0 fully saturated rings. The molecule has 0 bridgehead atoms. The molecule has 0 spiro atoms. The van der Waals surface area contributed by atoms with Crippen molar-refractivity contribution in [3.63, 3.8) is 0 Å². The fourth-order valence-electron chi connectivity index (χ4n) is 3.08. The third-order valence-corrected chi connectivity index (χ3v) is 5.52. The summed E-state index contributed by atoms with van der Waals surface area (Å²) in [5.41, 5.74) is 1.15. The number of aromatic nitrogens is 5. The third kappa shape index (κ3) is 6.03. The van der Waals surface area contributed by atoms with Gasteiger partial charge in [-0.2, -0.15) is 9.97 Å². The molecule has 2 aromatic heterocycles. The molecule has 3 N–H and O–H groups in total. The van der Waals surface area contributed by atoms with Crippen LogP contribution in [0.2, 0.25) is 0 Å². The van der Waals surface area contributed by atoms with E-state index in [-0.39, 0.29) is 11.7 Å². The molecule has 0 saturated carbocycles. The molecule has 0 unspecified atom stereocenters. The van der Waals surface area contributed by atoms with Crippen LogP contribution in [0.15, 0.2) is 59.8 Å². The Morgan fingerprint density at radius 1 is 0.943 bits per heavy atom. The van der Waals surface area contributed by atoms with Gasteiger partial charge in [-0.05, 0) is 50.2 Å². The van der Waals surface area contributed by atoms with Crippen LogP contribution in [0.4, 0.5) is 17.6 Å². The number of amides is 1. The summed E-state index contributed by atoms with van der Waals surface area (Å²) < 4.78 is 7.07. The highest BCUT2D eigenvalue weighted by atomic mass is 32.2. The maximum Gasteiger partial charge on any atom is 0.321 e. The first-order valence-electron chi connectivity index (χ1n) is 11.0. The molecule has 35 heavy (non-hydrogen) atoms. The lowest BCUT2D eigenvalue weighted by molar-refractivity contribution is -0.131. The number of hydrogen-bond acceptors (Lipinski definition) is 10. The monoisotopic (exact) mass is 492 g/mol. The van der Waals surface area contributed by atoms with E-state index in [0.29, 0.717) is 52.9 Å². The van der Waals surface area contributed by atoms with Crippen LogP contribution < -0.4 is 20.7 Å². The minimum Gasteiger partial charge on any atom is -0.426 e. The highest BCUT2D eigenvalue weighted by Crippen LogP contribution is 2.22. The molecule has 11 nitrogen and oxygen atoms in total. The second-order valence-electron chi connectivity index (χ2n) is 7.16. The Hall–Kier alpha value is -4.19. The van der Waals surface area contributed by atoms with Gasteiger partial charge in [0.1, 0.15) is 5.75 Å². The number of fused-ring (bicyclic) bond motifs is 1. The van der Waals surface area contributed by atoms with Gasteiger partial charge in [0.25, 0.3) is 11.7 Å². The Balaban J connectivity index is 1.36. The zero-order chi connectivity index (χ0) is 24.6. The topological polar surface area (TPSA) is 135 Å². The molecule has 0 saturated heterocycles. The number of rotatable bonds is 10. The summed E-state index contributed by atoms with van der Waals surface area (Å²) in [6.45, 7) is 5.22. The van der Waals surface area contributed by atoms with Crippen molar-refractivity contribution >= 4 is 47.0 Å². The van der Waals surface area contributed by atoms with Gasteiger partial charge >= 0.3 is 5.97 Å². The third-order valence-electron chi connectivity index (χ3n) is 4.61. The highest BCUT2D eigenvalue weighted by Gasteiger charge is 2.16. The smallest absolute Gasteiger partial charge is 0.321 e. The zero-order valence-electron chi connectivity index (χ0n) is 19.2. The van der Waals surface area contributed by atoms with Crippen molar-refractivity contribution in [3.8, 4) is 5.75 Å². The van der Waals surface area contributed by atoms with Gasteiger partial charge in [-0.15, -0.1) is 10.2 Å². The minimum absolute atomic E-state index is 0.00775. The predicted octanol–water partition coefficient (Wildman–Crippen LogP) is 3.33. The molecule has 0 aliphatic heterocycles. The molecule has 4 rings (SSSR count). The maximum atomic E-state index is 12.4. The van der Waals surface area contributed by atoms with Crippen molar-refractivity contribution in [2.24, 2.45) is 0 Å². The lowest BCUT2D eigenvalue weighted by Gasteiger charge is -2.09. The number of carbonyl (C=O) groups is 2. The van der Waals surface area contributed by atoms with Crippen LogP contribution in [0.25, 0.3) is 5.78 Å². The molecule has 0 radical (unpaired) electrons. The van der Waals surface area contributed by atoms with Crippen LogP contribution in [0, 0.1) is 0 Å². The number of nitrogens with one attached hydrogen (secondary N) is 3. The number of carbonyl (C=O) groups excluding carboxylic acids is 2. The van der Waals surface area contributed by atoms with E-state index in [1.807, 2.05) is 19.9 Å². The summed E-state index contributed by atoms with van der Waals surface area (Å²) >= 11 is 1.17. The first-order chi connectivity index (χ1) is 17.1. The van der Waals surface area contributed by atoms with E-state index in [4.69, 9.17) is 4.74 Å². The summed E-state index contributed by atoms with van der Waals surface area (Å²) in [4.78, 5) is 33.5. The Kier molecular flexibility index (Phi) is 7.73. The van der Waals surface area contributed by atoms with Crippen LogP contribution in [-0.2, 0) is 4.79 Å². The number of nitrogens with zero attached hydrogens (tertiary/aromatic N) is 5. The Bertz CT molecular complexity index is 1310. The van der Waals surface area contributed by atoms with Crippen molar-refractivity contribution in [3.05, 3.63) is 60.2 Å². The summed E-state index contributed by atoms with van der Waals surface area (Å²) in [5.74, 6) is 1.05. The standard InChI is InChI=1S/C23H24N8O3S/c1-3-24-20-27-21(25-4-2)31-22(28-20)29-30-23(31)35-14-18(32)34-17-12-10-16(11-13-17)26-19(33)15-8-6-5-7-9-15/h5-13H,3-4,14H2,1-2H3,(H,26,33)(H2,24,25,27,28,29). The summed E-state index contributed by atoms with van der Waals surface area (Å²) in [7, 11) is 0. The molecule has 2 aromatic carbocycles. The largest absolute Gasteiger partial charge is 0.426 e. The Morgan fingerprint density at radius 2 is 1.69 bits per heavy atom. The van der Waals surface area contributed by atoms with E-state index >= 15 is 0 Å². The van der Waals surface area contributed by atoms with Crippen LogP contribution in [0.5, 0.6) is 5.75 Å². The first-order valence-corrected chi connectivity index (χ1v) is 12.0. The van der Waals surface area contributed by atoms with Gasteiger partial charge in [0.2, 0.25) is 11.9 Å². The van der Waals surface area contributed by atoms with Crippen LogP contribution in [0.1, 0.15) is 24.2 Å². The SMILES string of the molecule is CCNc1nc(NCC)n2c(SCC(=O)Oc3ccc(NC(=O)c4ccccc4)cc3)nnc2n1. The molecule has 0 atom stereocenters. The fraction of sp³-hybridized carbons (Fsp3) is 0.217. The molecule has 4 aromatic rings. The average Bonchev–Trinajstić information content (AvgIpc) is 3.28. The van der Waals surface area contributed by atoms with E-state index in [0.717, 1.165) is 0 Å². The Morgan fingerprint density at radius 3 is 2.40 bits per heavy atom. The molecule has 0 aliphatic rings. The zero-order valence-corrected chi connectivity index (χ0v) is 20.0. The maximum absolute atomic E-state index is 12.4. The molecule has 1 amide bonds. The van der Waals surface area contributed by atoms with Crippen molar-refractivity contribution in [1.82, 2.24) is 24.6 Å². The van der Waals surface area contributed by atoms with Gasteiger partial charge in [0.05, 0.1) is 5.75 Å². The van der Waals surface area contributed by atoms with Crippen LogP contribution in [0.3, 0.4) is 0 Å². The molecule has 12 heteroatoms. The van der Waals surface area contributed by atoms with E-state index in [1.54, 1.807) is 52.9 Å². The van der Waals surface area contributed by atoms with E-state index in [1.165, 1.54) is 11.8 Å². The van der Waals surface area contributed by atoms with Gasteiger partial charge < -0.3 is 20.7 Å². The van der Waals surface area contributed by atoms with Crippen molar-refractivity contribution in [2.75, 3.05) is 34.8 Å². The van der Waals surface area contributed by atoms with Crippen molar-refractivity contribution in [1.29, 1.82) is 0 Å². The van der Waals surface area contributed by atoms with E-state index in [2.05, 4.69) is 36.1 Å². The van der Waals surface area contributed by atoms with Gasteiger partial charge in [-0.25, -0.2) is 4.40 Å². The summed E-state index contributed by atoms with van der Waals surface area (Å²) in [6.07, 6.45) is 0. The molecular weight excluding hydrogens is 468 g/mol. The number of benzene rings is 2. The average molecular weight is 493 g/mol. The minimum atomic E-state index is -0.456. The molecule has 180 valence electrons. The number of esters is 1. The summed E-state index contributed by atoms with van der Waals surface area (Å²) in [5, 5.41) is 17.7. The van der Waals surface area contributed by atoms with Gasteiger partial charge in [0.15, 0.2) is 5.16 Å². The number of thioether (sulfide) groups is 1. The van der Waals surface area contributed by atoms with Crippen molar-refractivity contribution in [2.45, 2.75) is 19.0 Å². The lowest BCUT2D eigenvalue weighted by Crippen LogP contribution is -2.13. The van der Waals surface area contributed by atoms with Gasteiger partial charge in [-0.3, -0.25) is 9.59 Å². The molecular formula is C23H24N8O3S. The van der Waals surface area contributed by atoms with E-state index in [9.17, 15) is 9.59 Å². The fourth-order valence-corrected chi connectivity index (χ4v) is 3.78. The molecule has 2 heterocycles. The van der Waals surface area contributed by atoms with Gasteiger partial charge in [-0.1, -0.05) is 30.0 Å². The van der Waals surface area contributed by atoms with Crippen LogP contribution >= 0.6 is 11.8 Å². The normalized spacial score (nSPS) is 10.7. The van der Waals surface area contributed by atoms with Crippen LogP contribution in [-0.4, -0.2) is 55.3 Å². The second kappa shape index (κ2) is 11.3. The summed E-state index contributed by atoms with van der Waals surface area (Å²) in [6, 6.07) is 15.5. The molecule has 0 aliphatic carbocycles. The van der Waals surface area contributed by atoms with Crippen molar-refractivity contribution < 1.29 is 14.3 Å². The number of anilines is 3.